The molecule has 0 saturated heterocycles. The van der Waals surface area contributed by atoms with Gasteiger partial charge in [-0.2, -0.15) is 0 Å². The third-order valence-corrected chi connectivity index (χ3v) is 3.34. The van der Waals surface area contributed by atoms with E-state index in [0.29, 0.717) is 5.25 Å². The van der Waals surface area contributed by atoms with Crippen LogP contribution in [-0.4, -0.2) is 5.25 Å². The van der Waals surface area contributed by atoms with E-state index in [-0.39, 0.29) is 0 Å². The molecule has 0 aliphatic heterocycles. The van der Waals surface area contributed by atoms with Gasteiger partial charge in [0.1, 0.15) is 0 Å². The van der Waals surface area contributed by atoms with E-state index in [0.717, 1.165) is 0 Å². The highest BCUT2D eigenvalue weighted by atomic mass is 32.2. The van der Waals surface area contributed by atoms with Crippen LogP contribution in [0.25, 0.3) is 0 Å². The van der Waals surface area contributed by atoms with Crippen molar-refractivity contribution < 1.29 is 0 Å². The first-order valence-electron chi connectivity index (χ1n) is 5.46. The van der Waals surface area contributed by atoms with Gasteiger partial charge in [-0.15, -0.1) is 11.8 Å². The summed E-state index contributed by atoms with van der Waals surface area (Å²) in [6.45, 7) is 2.23. The van der Waals surface area contributed by atoms with Gasteiger partial charge in [0.15, 0.2) is 0 Å². The molecule has 0 saturated carbocycles. The monoisotopic (exact) mass is 227 g/mol. The highest BCUT2D eigenvalue weighted by Crippen LogP contribution is 2.26. The van der Waals surface area contributed by atoms with Crippen molar-refractivity contribution in [1.82, 2.24) is 0 Å². The lowest BCUT2D eigenvalue weighted by Gasteiger charge is -2.10. The molecule has 16 heavy (non-hydrogen) atoms. The third kappa shape index (κ3) is 3.42. The zero-order valence-electron chi connectivity index (χ0n) is 9.34. The molecule has 0 fully saturated rings. The lowest BCUT2D eigenvalue weighted by atomic mass is 10.1. The summed E-state index contributed by atoms with van der Waals surface area (Å²) < 4.78 is 0. The molecule has 2 aromatic carbocycles. The summed E-state index contributed by atoms with van der Waals surface area (Å²) in [5.41, 5.74) is 1.29. The number of benzene rings is 2. The average molecular weight is 227 g/mol. The van der Waals surface area contributed by atoms with Gasteiger partial charge < -0.3 is 0 Å². The molecule has 0 nitrogen and oxygen atoms in total. The molecular formula is C15H15S. The third-order valence-electron chi connectivity index (χ3n) is 2.29. The molecule has 0 unspecified atom stereocenters. The molecule has 0 amide bonds. The van der Waals surface area contributed by atoms with Crippen LogP contribution in [0.5, 0.6) is 0 Å². The highest BCUT2D eigenvalue weighted by Gasteiger charge is 2.05. The number of hydrogen-bond donors (Lipinski definition) is 0. The number of thioether (sulfide) groups is 1. The molecule has 0 aromatic heterocycles. The predicted molar refractivity (Wildman–Crippen MR) is 71.6 cm³/mol. The highest BCUT2D eigenvalue weighted by molar-refractivity contribution is 8.00. The van der Waals surface area contributed by atoms with Crippen LogP contribution < -0.4 is 0 Å². The molecule has 0 bridgehead atoms. The summed E-state index contributed by atoms with van der Waals surface area (Å²) >= 11 is 1.88. The molecular weight excluding hydrogens is 212 g/mol. The maximum Gasteiger partial charge on any atom is 0.0141 e. The average Bonchev–Trinajstić information content (AvgIpc) is 2.31. The van der Waals surface area contributed by atoms with Crippen molar-refractivity contribution in [2.24, 2.45) is 0 Å². The smallest absolute Gasteiger partial charge is 0.0141 e. The largest absolute Gasteiger partial charge is 0.122 e. The summed E-state index contributed by atoms with van der Waals surface area (Å²) in [6, 6.07) is 21.0. The second-order valence-corrected chi connectivity index (χ2v) is 5.16. The Bertz CT molecular complexity index is 366. The Kier molecular flexibility index (Phi) is 4.06. The van der Waals surface area contributed by atoms with Crippen LogP contribution in [0.2, 0.25) is 0 Å². The van der Waals surface area contributed by atoms with Crippen LogP contribution in [-0.2, 0) is 0 Å². The Labute approximate surface area is 102 Å². The van der Waals surface area contributed by atoms with Crippen molar-refractivity contribution in [3.8, 4) is 0 Å². The van der Waals surface area contributed by atoms with E-state index in [1.165, 1.54) is 10.5 Å². The van der Waals surface area contributed by atoms with Gasteiger partial charge in [-0.25, -0.2) is 0 Å². The molecule has 81 valence electrons. The molecule has 2 aromatic rings. The standard InChI is InChI=1S/C15H15S/c1-13(12-14-8-4-2-5-9-14)16-15-10-6-3-7-11-15/h2-13H,1H3/t13-/m1/s1. The van der Waals surface area contributed by atoms with E-state index in [1.54, 1.807) is 0 Å². The SMILES string of the molecule is C[C@H]([CH]c1ccccc1)Sc1ccccc1. The van der Waals surface area contributed by atoms with E-state index >= 15 is 0 Å². The zero-order chi connectivity index (χ0) is 11.2. The van der Waals surface area contributed by atoms with E-state index in [2.05, 4.69) is 67.9 Å². The molecule has 1 radical (unpaired) electrons. The lowest BCUT2D eigenvalue weighted by molar-refractivity contribution is 1.14. The van der Waals surface area contributed by atoms with Gasteiger partial charge >= 0.3 is 0 Å². The van der Waals surface area contributed by atoms with E-state index in [9.17, 15) is 0 Å². The van der Waals surface area contributed by atoms with Gasteiger partial charge in [0.05, 0.1) is 0 Å². The molecule has 0 spiro atoms. The second-order valence-electron chi connectivity index (χ2n) is 3.71. The van der Waals surface area contributed by atoms with Gasteiger partial charge in [-0.05, 0) is 17.7 Å². The van der Waals surface area contributed by atoms with E-state index < -0.39 is 0 Å². The van der Waals surface area contributed by atoms with Crippen molar-refractivity contribution in [3.05, 3.63) is 72.6 Å². The maximum absolute atomic E-state index is 2.29. The second kappa shape index (κ2) is 5.76. The summed E-state index contributed by atoms with van der Waals surface area (Å²) in [4.78, 5) is 1.32. The minimum Gasteiger partial charge on any atom is -0.122 e. The van der Waals surface area contributed by atoms with Crippen LogP contribution in [0.3, 0.4) is 0 Å². The van der Waals surface area contributed by atoms with Gasteiger partial charge in [-0.3, -0.25) is 0 Å². The first-order chi connectivity index (χ1) is 7.84. The Morgan fingerprint density at radius 3 is 2.06 bits per heavy atom. The van der Waals surface area contributed by atoms with Crippen molar-refractivity contribution in [1.29, 1.82) is 0 Å². The van der Waals surface area contributed by atoms with E-state index in [1.807, 2.05) is 17.8 Å². The van der Waals surface area contributed by atoms with Crippen molar-refractivity contribution in [3.63, 3.8) is 0 Å². The number of rotatable bonds is 4. The molecule has 0 aliphatic rings. The minimum atomic E-state index is 0.491. The first-order valence-corrected chi connectivity index (χ1v) is 6.34. The maximum atomic E-state index is 2.29. The summed E-state index contributed by atoms with van der Waals surface area (Å²) in [6.07, 6.45) is 2.29. The fourth-order valence-electron chi connectivity index (χ4n) is 1.58. The Hall–Kier alpha value is -1.21. The zero-order valence-corrected chi connectivity index (χ0v) is 10.2. The molecule has 1 heteroatoms. The molecule has 0 heterocycles. The van der Waals surface area contributed by atoms with Crippen molar-refractivity contribution in [2.45, 2.75) is 17.1 Å². The quantitative estimate of drug-likeness (QED) is 0.697. The minimum absolute atomic E-state index is 0.491. The Morgan fingerprint density at radius 2 is 1.44 bits per heavy atom. The van der Waals surface area contributed by atoms with Crippen LogP contribution in [0.15, 0.2) is 65.6 Å². The Morgan fingerprint density at radius 1 is 0.875 bits per heavy atom. The van der Waals surface area contributed by atoms with Gasteiger partial charge in [-0.1, -0.05) is 55.5 Å². The predicted octanol–water partition coefficient (Wildman–Crippen LogP) is 4.42. The van der Waals surface area contributed by atoms with E-state index in [4.69, 9.17) is 0 Å². The summed E-state index contributed by atoms with van der Waals surface area (Å²) in [5.74, 6) is 0. The summed E-state index contributed by atoms with van der Waals surface area (Å²) in [5, 5.41) is 0.491. The van der Waals surface area contributed by atoms with Gasteiger partial charge in [0, 0.05) is 16.6 Å². The van der Waals surface area contributed by atoms with Gasteiger partial charge in [0.25, 0.3) is 0 Å². The van der Waals surface area contributed by atoms with Crippen LogP contribution in [0.1, 0.15) is 12.5 Å². The molecule has 2 rings (SSSR count). The fraction of sp³-hybridized carbons (Fsp3) is 0.133. The first kappa shape index (κ1) is 11.3. The molecule has 1 atom stereocenters. The van der Waals surface area contributed by atoms with Crippen LogP contribution >= 0.6 is 11.8 Å². The van der Waals surface area contributed by atoms with Crippen molar-refractivity contribution >= 4 is 11.8 Å². The Balaban J connectivity index is 1.92. The van der Waals surface area contributed by atoms with Gasteiger partial charge in [0.2, 0.25) is 0 Å². The lowest BCUT2D eigenvalue weighted by Crippen LogP contribution is -1.97. The van der Waals surface area contributed by atoms with Crippen molar-refractivity contribution in [2.75, 3.05) is 0 Å². The van der Waals surface area contributed by atoms with Crippen LogP contribution in [0.4, 0.5) is 0 Å². The normalized spacial score (nSPS) is 12.3. The fourth-order valence-corrected chi connectivity index (χ4v) is 2.55. The summed E-state index contributed by atoms with van der Waals surface area (Å²) in [7, 11) is 0. The number of hydrogen-bond acceptors (Lipinski definition) is 1. The molecule has 0 N–H and O–H groups in total. The molecule has 0 aliphatic carbocycles. The van der Waals surface area contributed by atoms with Crippen LogP contribution in [0, 0.1) is 6.42 Å². The topological polar surface area (TPSA) is 0 Å².